The summed E-state index contributed by atoms with van der Waals surface area (Å²) in [6, 6.07) is 8.39. The predicted octanol–water partition coefficient (Wildman–Crippen LogP) is 3.29. The largest absolute Gasteiger partial charge is 0.507 e. The fraction of sp³-hybridized carbons (Fsp3) is 0.0588. The van der Waals surface area contributed by atoms with Crippen LogP contribution in [0.2, 0.25) is 0 Å². The van der Waals surface area contributed by atoms with E-state index in [0.717, 1.165) is 6.08 Å². The number of phenols is 1. The van der Waals surface area contributed by atoms with Gasteiger partial charge in [0.2, 0.25) is 0 Å². The number of carboxylic acid groups (broad SMARTS) is 2. The normalized spacial score (nSPS) is 12.0. The molecule has 0 aliphatic carbocycles. The van der Waals surface area contributed by atoms with Crippen molar-refractivity contribution >= 4 is 28.3 Å². The van der Waals surface area contributed by atoms with E-state index in [1.54, 1.807) is 37.3 Å². The summed E-state index contributed by atoms with van der Waals surface area (Å²) in [7, 11) is 0. The monoisotopic (exact) mass is 298 g/mol. The van der Waals surface area contributed by atoms with Gasteiger partial charge in [0.05, 0.1) is 0 Å². The number of carboxylic acids is 2. The molecule has 0 fully saturated rings. The lowest BCUT2D eigenvalue weighted by Gasteiger charge is -2.13. The molecule has 5 nitrogen and oxygen atoms in total. The quantitative estimate of drug-likeness (QED) is 0.594. The number of aromatic carboxylic acids is 1. The summed E-state index contributed by atoms with van der Waals surface area (Å²) >= 11 is 0. The molecule has 0 saturated heterocycles. The van der Waals surface area contributed by atoms with Gasteiger partial charge in [-0.3, -0.25) is 0 Å². The number of benzene rings is 2. The molecule has 0 spiro atoms. The van der Waals surface area contributed by atoms with E-state index >= 15 is 0 Å². The Bertz CT molecular complexity index is 815. The molecule has 0 aliphatic heterocycles. The van der Waals surface area contributed by atoms with Crippen LogP contribution in [0, 0.1) is 0 Å². The molecule has 112 valence electrons. The molecule has 22 heavy (non-hydrogen) atoms. The number of fused-ring (bicyclic) bond motifs is 1. The number of rotatable bonds is 4. The van der Waals surface area contributed by atoms with Crippen molar-refractivity contribution in [3.05, 3.63) is 59.7 Å². The molecule has 2 aromatic rings. The maximum absolute atomic E-state index is 11.5. The third-order valence-corrected chi connectivity index (χ3v) is 3.25. The lowest BCUT2D eigenvalue weighted by atomic mass is 9.92. The minimum atomic E-state index is -1.28. The van der Waals surface area contributed by atoms with Crippen LogP contribution in [0.15, 0.2) is 48.6 Å². The van der Waals surface area contributed by atoms with Crippen molar-refractivity contribution < 1.29 is 24.9 Å². The Morgan fingerprint density at radius 2 is 1.73 bits per heavy atom. The molecule has 0 aliphatic rings. The van der Waals surface area contributed by atoms with Crippen molar-refractivity contribution in [2.45, 2.75) is 6.92 Å². The van der Waals surface area contributed by atoms with E-state index in [1.165, 1.54) is 12.1 Å². The van der Waals surface area contributed by atoms with Crippen LogP contribution in [0.5, 0.6) is 5.75 Å². The van der Waals surface area contributed by atoms with Crippen molar-refractivity contribution in [3.8, 4) is 5.75 Å². The van der Waals surface area contributed by atoms with Crippen molar-refractivity contribution in [2.75, 3.05) is 0 Å². The van der Waals surface area contributed by atoms with Crippen molar-refractivity contribution in [1.82, 2.24) is 0 Å². The van der Waals surface area contributed by atoms with Crippen LogP contribution in [0.3, 0.4) is 0 Å². The second kappa shape index (κ2) is 6.13. The minimum absolute atomic E-state index is 0.248. The molecule has 0 bridgehead atoms. The second-order valence-electron chi connectivity index (χ2n) is 4.59. The second-order valence-corrected chi connectivity index (χ2v) is 4.59. The number of aliphatic carboxylic acids is 1. The average molecular weight is 298 g/mol. The fourth-order valence-electron chi connectivity index (χ4n) is 2.33. The Morgan fingerprint density at radius 3 is 2.32 bits per heavy atom. The molecule has 2 aromatic carbocycles. The van der Waals surface area contributed by atoms with Crippen LogP contribution in [-0.4, -0.2) is 27.3 Å². The lowest BCUT2D eigenvalue weighted by Crippen LogP contribution is -2.03. The third-order valence-electron chi connectivity index (χ3n) is 3.25. The highest BCUT2D eigenvalue weighted by Gasteiger charge is 2.20. The highest BCUT2D eigenvalue weighted by atomic mass is 16.4. The standard InChI is InChI=1S/C17H14O5/c1-2-10(7-8-14(19)20)15-12-6-4-3-5-11(12)9-13(18)16(15)17(21)22/h2-9,18H,1H3,(H,19,20)(H,21,22). The molecular formula is C17H14O5. The first-order valence-electron chi connectivity index (χ1n) is 6.51. The molecule has 2 rings (SSSR count). The summed E-state index contributed by atoms with van der Waals surface area (Å²) in [5, 5.41) is 29.5. The van der Waals surface area contributed by atoms with Gasteiger partial charge in [0, 0.05) is 11.6 Å². The summed E-state index contributed by atoms with van der Waals surface area (Å²) in [6.45, 7) is 1.67. The van der Waals surface area contributed by atoms with Gasteiger partial charge in [-0.15, -0.1) is 0 Å². The topological polar surface area (TPSA) is 94.8 Å². The number of allylic oxidation sites excluding steroid dienone is 3. The number of carbonyl (C=O) groups is 2. The van der Waals surface area contributed by atoms with E-state index in [4.69, 9.17) is 5.11 Å². The molecule has 0 aromatic heterocycles. The number of hydrogen-bond donors (Lipinski definition) is 3. The maximum atomic E-state index is 11.5. The first-order chi connectivity index (χ1) is 10.5. The van der Waals surface area contributed by atoms with Crippen LogP contribution >= 0.6 is 0 Å². The highest BCUT2D eigenvalue weighted by Crippen LogP contribution is 2.35. The Labute approximate surface area is 126 Å². The molecule has 0 atom stereocenters. The smallest absolute Gasteiger partial charge is 0.340 e. The van der Waals surface area contributed by atoms with Crippen LogP contribution in [0.25, 0.3) is 16.3 Å². The van der Waals surface area contributed by atoms with E-state index in [2.05, 4.69) is 0 Å². The summed E-state index contributed by atoms with van der Waals surface area (Å²) in [6.07, 6.45) is 3.85. The van der Waals surface area contributed by atoms with Gasteiger partial charge in [-0.2, -0.15) is 0 Å². The third kappa shape index (κ3) is 2.83. The van der Waals surface area contributed by atoms with Gasteiger partial charge in [0.25, 0.3) is 0 Å². The summed E-state index contributed by atoms with van der Waals surface area (Å²) in [5.74, 6) is -2.77. The predicted molar refractivity (Wildman–Crippen MR) is 83.0 cm³/mol. The first kappa shape index (κ1) is 15.3. The van der Waals surface area contributed by atoms with Gasteiger partial charge >= 0.3 is 11.9 Å². The van der Waals surface area contributed by atoms with E-state index < -0.39 is 11.9 Å². The zero-order valence-electron chi connectivity index (χ0n) is 11.8. The molecule has 0 unspecified atom stereocenters. The summed E-state index contributed by atoms with van der Waals surface area (Å²) in [4.78, 5) is 22.2. The molecule has 0 radical (unpaired) electrons. The number of hydrogen-bond acceptors (Lipinski definition) is 3. The van der Waals surface area contributed by atoms with Crippen molar-refractivity contribution in [2.24, 2.45) is 0 Å². The van der Waals surface area contributed by atoms with Gasteiger partial charge in [-0.05, 0) is 35.4 Å². The van der Waals surface area contributed by atoms with Gasteiger partial charge < -0.3 is 15.3 Å². The zero-order chi connectivity index (χ0) is 16.3. The van der Waals surface area contributed by atoms with E-state index in [-0.39, 0.29) is 11.3 Å². The SMILES string of the molecule is CC=C(C=CC(=O)O)c1c(C(=O)O)c(O)cc2ccccc12. The van der Waals surface area contributed by atoms with Crippen molar-refractivity contribution in [1.29, 1.82) is 0 Å². The van der Waals surface area contributed by atoms with E-state index in [0.29, 0.717) is 21.9 Å². The number of aromatic hydroxyl groups is 1. The van der Waals surface area contributed by atoms with Crippen LogP contribution < -0.4 is 0 Å². The average Bonchev–Trinajstić information content (AvgIpc) is 2.46. The Kier molecular flexibility index (Phi) is 4.27. The first-order valence-corrected chi connectivity index (χ1v) is 6.51. The Balaban J connectivity index is 2.86. The molecule has 0 amide bonds. The molecule has 3 N–H and O–H groups in total. The zero-order valence-corrected chi connectivity index (χ0v) is 11.8. The molecule has 0 heterocycles. The fourth-order valence-corrected chi connectivity index (χ4v) is 2.33. The molecular weight excluding hydrogens is 284 g/mol. The van der Waals surface area contributed by atoms with Crippen LogP contribution in [0.4, 0.5) is 0 Å². The summed E-state index contributed by atoms with van der Waals surface area (Å²) < 4.78 is 0. The van der Waals surface area contributed by atoms with E-state index in [9.17, 15) is 19.8 Å². The van der Waals surface area contributed by atoms with Gasteiger partial charge in [0.15, 0.2) is 0 Å². The highest BCUT2D eigenvalue weighted by molar-refractivity contribution is 6.08. The maximum Gasteiger partial charge on any atom is 0.340 e. The molecule has 5 heteroatoms. The van der Waals surface area contributed by atoms with Crippen LogP contribution in [0.1, 0.15) is 22.8 Å². The van der Waals surface area contributed by atoms with Gasteiger partial charge in [-0.25, -0.2) is 9.59 Å². The Morgan fingerprint density at radius 1 is 1.05 bits per heavy atom. The Hall–Kier alpha value is -3.08. The van der Waals surface area contributed by atoms with Gasteiger partial charge in [-0.1, -0.05) is 30.3 Å². The minimum Gasteiger partial charge on any atom is -0.507 e. The molecule has 0 saturated carbocycles. The van der Waals surface area contributed by atoms with Gasteiger partial charge in [0.1, 0.15) is 11.3 Å². The van der Waals surface area contributed by atoms with Crippen LogP contribution in [-0.2, 0) is 4.79 Å². The van der Waals surface area contributed by atoms with Crippen molar-refractivity contribution in [3.63, 3.8) is 0 Å². The summed E-state index contributed by atoms with van der Waals surface area (Å²) in [5.41, 5.74) is 0.455. The van der Waals surface area contributed by atoms with E-state index in [1.807, 2.05) is 0 Å². The lowest BCUT2D eigenvalue weighted by molar-refractivity contribution is -0.131.